The molecule has 2 aromatic rings. The van der Waals surface area contributed by atoms with Gasteiger partial charge in [-0.25, -0.2) is 4.79 Å². The maximum absolute atomic E-state index is 11.4. The van der Waals surface area contributed by atoms with Crippen molar-refractivity contribution in [1.29, 1.82) is 0 Å². The molecule has 0 bridgehead atoms. The predicted octanol–water partition coefficient (Wildman–Crippen LogP) is 3.73. The number of carboxylic acids is 1. The van der Waals surface area contributed by atoms with Crippen LogP contribution in [0.15, 0.2) is 30.3 Å². The lowest BCUT2D eigenvalue weighted by Gasteiger charge is -2.18. The van der Waals surface area contributed by atoms with Gasteiger partial charge in [0.25, 0.3) is 0 Å². The summed E-state index contributed by atoms with van der Waals surface area (Å²) >= 11 is 6.09. The van der Waals surface area contributed by atoms with E-state index < -0.39 is 5.97 Å². The van der Waals surface area contributed by atoms with Crippen LogP contribution < -0.4 is 10.5 Å². The van der Waals surface area contributed by atoms with E-state index in [0.717, 1.165) is 5.39 Å². The van der Waals surface area contributed by atoms with Gasteiger partial charge in [-0.1, -0.05) is 30.7 Å². The number of carbonyl (C=O) groups is 1. The molecule has 0 heterocycles. The Morgan fingerprint density at radius 2 is 2.14 bits per heavy atom. The highest BCUT2D eigenvalue weighted by Crippen LogP contribution is 2.31. The van der Waals surface area contributed by atoms with Gasteiger partial charge in [-0.05, 0) is 30.0 Å². The smallest absolute Gasteiger partial charge is 0.339 e. The largest absolute Gasteiger partial charge is 0.488 e. The fourth-order valence-electron chi connectivity index (χ4n) is 2.01. The van der Waals surface area contributed by atoms with Crippen LogP contribution in [-0.2, 0) is 0 Å². The molecule has 3 N–H and O–H groups in total. The van der Waals surface area contributed by atoms with E-state index in [-0.39, 0.29) is 24.1 Å². The van der Waals surface area contributed by atoms with Crippen molar-refractivity contribution in [1.82, 2.24) is 0 Å². The molecular weight excluding hydrogens is 313 g/mol. The summed E-state index contributed by atoms with van der Waals surface area (Å²) in [5.41, 5.74) is 5.70. The number of ether oxygens (including phenoxy) is 1. The molecule has 0 unspecified atom stereocenters. The van der Waals surface area contributed by atoms with Crippen LogP contribution in [0.4, 0.5) is 0 Å². The minimum absolute atomic E-state index is 0. The van der Waals surface area contributed by atoms with Gasteiger partial charge in [0, 0.05) is 17.0 Å². The highest BCUT2D eigenvalue weighted by Gasteiger charge is 2.16. The Morgan fingerprint density at radius 1 is 1.43 bits per heavy atom. The molecule has 0 aliphatic carbocycles. The van der Waals surface area contributed by atoms with Crippen molar-refractivity contribution in [3.05, 3.63) is 40.9 Å². The quantitative estimate of drug-likeness (QED) is 0.876. The summed E-state index contributed by atoms with van der Waals surface area (Å²) < 4.78 is 5.70. The van der Waals surface area contributed by atoms with Gasteiger partial charge in [0.15, 0.2) is 0 Å². The van der Waals surface area contributed by atoms with Crippen LogP contribution in [0.1, 0.15) is 23.7 Å². The van der Waals surface area contributed by atoms with E-state index in [1.807, 2.05) is 19.1 Å². The zero-order chi connectivity index (χ0) is 14.7. The van der Waals surface area contributed by atoms with Crippen molar-refractivity contribution in [2.75, 3.05) is 6.54 Å². The number of rotatable bonds is 5. The first kappa shape index (κ1) is 17.6. The van der Waals surface area contributed by atoms with Crippen molar-refractivity contribution in [2.45, 2.75) is 19.4 Å². The molecule has 4 nitrogen and oxygen atoms in total. The summed E-state index contributed by atoms with van der Waals surface area (Å²) in [6, 6.07) is 8.64. The lowest BCUT2D eigenvalue weighted by molar-refractivity contribution is 0.0689. The van der Waals surface area contributed by atoms with E-state index in [9.17, 15) is 9.90 Å². The monoisotopic (exact) mass is 329 g/mol. The van der Waals surface area contributed by atoms with Gasteiger partial charge in [-0.2, -0.15) is 0 Å². The van der Waals surface area contributed by atoms with Crippen LogP contribution in [0.5, 0.6) is 5.75 Å². The number of aromatic carboxylic acids is 1. The van der Waals surface area contributed by atoms with Crippen LogP contribution in [0, 0.1) is 0 Å². The van der Waals surface area contributed by atoms with Gasteiger partial charge in [-0.3, -0.25) is 0 Å². The molecule has 0 aromatic heterocycles. The third-order valence-corrected chi connectivity index (χ3v) is 3.50. The van der Waals surface area contributed by atoms with Gasteiger partial charge in [-0.15, -0.1) is 12.4 Å². The second-order valence-electron chi connectivity index (χ2n) is 4.50. The molecule has 2 aromatic carbocycles. The number of hydrogen-bond acceptors (Lipinski definition) is 3. The molecule has 0 spiro atoms. The van der Waals surface area contributed by atoms with E-state index in [0.29, 0.717) is 29.1 Å². The Balaban J connectivity index is 0.00000220. The molecule has 1 atom stereocenters. The third kappa shape index (κ3) is 3.79. The van der Waals surface area contributed by atoms with Gasteiger partial charge < -0.3 is 15.6 Å². The zero-order valence-electron chi connectivity index (χ0n) is 11.5. The Bertz CT molecular complexity index is 642. The summed E-state index contributed by atoms with van der Waals surface area (Å²) in [5, 5.41) is 11.4. The van der Waals surface area contributed by atoms with Gasteiger partial charge in [0.2, 0.25) is 0 Å². The van der Waals surface area contributed by atoms with Crippen molar-refractivity contribution < 1.29 is 14.6 Å². The van der Waals surface area contributed by atoms with Crippen LogP contribution in [-0.4, -0.2) is 23.7 Å². The third-order valence-electron chi connectivity index (χ3n) is 3.17. The molecule has 21 heavy (non-hydrogen) atoms. The molecule has 114 valence electrons. The molecule has 6 heteroatoms. The fraction of sp³-hybridized carbons (Fsp3) is 0.267. The summed E-state index contributed by atoms with van der Waals surface area (Å²) in [6.07, 6.45) is 0.508. The first-order valence-corrected chi connectivity index (χ1v) is 6.77. The van der Waals surface area contributed by atoms with Gasteiger partial charge in [0.1, 0.15) is 17.4 Å². The Labute approximate surface area is 134 Å². The Hall–Kier alpha value is -1.49. The SMILES string of the molecule is CC[C@H](CN)Oc1cc2cccc(Cl)c2cc1C(=O)O.Cl. The first-order chi connectivity index (χ1) is 9.56. The molecule has 0 radical (unpaired) electrons. The van der Waals surface area contributed by atoms with Crippen LogP contribution >= 0.6 is 24.0 Å². The van der Waals surface area contributed by atoms with Crippen LogP contribution in [0.3, 0.4) is 0 Å². The standard InChI is InChI=1S/C15H16ClNO3.ClH/c1-2-10(8-17)20-14-6-9-4-3-5-13(16)11(9)7-12(14)15(18)19;/h3-7,10H,2,8,17H2,1H3,(H,18,19);1H/t10-;/m1./s1. The van der Waals surface area contributed by atoms with E-state index >= 15 is 0 Å². The average Bonchev–Trinajstić information content (AvgIpc) is 2.44. The Morgan fingerprint density at radius 3 is 2.71 bits per heavy atom. The van der Waals surface area contributed by atoms with Gasteiger partial charge >= 0.3 is 5.97 Å². The summed E-state index contributed by atoms with van der Waals surface area (Å²) in [4.78, 5) is 11.4. The number of nitrogens with two attached hydrogens (primary N) is 1. The number of hydrogen-bond donors (Lipinski definition) is 2. The predicted molar refractivity (Wildman–Crippen MR) is 86.9 cm³/mol. The van der Waals surface area contributed by atoms with Crippen molar-refractivity contribution in [3.63, 3.8) is 0 Å². The highest BCUT2D eigenvalue weighted by molar-refractivity contribution is 6.35. The maximum Gasteiger partial charge on any atom is 0.339 e. The van der Waals surface area contributed by atoms with Crippen molar-refractivity contribution in [3.8, 4) is 5.75 Å². The normalized spacial score (nSPS) is 11.8. The Kier molecular flexibility index (Phi) is 6.27. The number of fused-ring (bicyclic) bond motifs is 1. The second kappa shape index (κ2) is 7.50. The summed E-state index contributed by atoms with van der Waals surface area (Å²) in [6.45, 7) is 2.28. The van der Waals surface area contributed by atoms with Gasteiger partial charge in [0.05, 0.1) is 0 Å². The summed E-state index contributed by atoms with van der Waals surface area (Å²) in [7, 11) is 0. The molecular formula is C15H17Cl2NO3. The van der Waals surface area contributed by atoms with E-state index in [1.165, 1.54) is 0 Å². The molecule has 0 saturated carbocycles. The molecule has 0 saturated heterocycles. The first-order valence-electron chi connectivity index (χ1n) is 6.39. The topological polar surface area (TPSA) is 72.5 Å². The highest BCUT2D eigenvalue weighted by atomic mass is 35.5. The molecule has 0 fully saturated rings. The summed E-state index contributed by atoms with van der Waals surface area (Å²) in [5.74, 6) is -0.724. The molecule has 0 aliphatic heterocycles. The number of halogens is 2. The molecule has 0 aliphatic rings. The lowest BCUT2D eigenvalue weighted by atomic mass is 10.1. The van der Waals surface area contributed by atoms with E-state index in [4.69, 9.17) is 22.1 Å². The van der Waals surface area contributed by atoms with Crippen LogP contribution in [0.25, 0.3) is 10.8 Å². The lowest BCUT2D eigenvalue weighted by Crippen LogP contribution is -2.26. The van der Waals surface area contributed by atoms with Crippen molar-refractivity contribution in [2.24, 2.45) is 5.73 Å². The van der Waals surface area contributed by atoms with Crippen molar-refractivity contribution >= 4 is 40.7 Å². The minimum Gasteiger partial charge on any atom is -0.488 e. The second-order valence-corrected chi connectivity index (χ2v) is 4.91. The number of benzene rings is 2. The molecule has 2 rings (SSSR count). The van der Waals surface area contributed by atoms with E-state index in [1.54, 1.807) is 18.2 Å². The maximum atomic E-state index is 11.4. The minimum atomic E-state index is -1.05. The van der Waals surface area contributed by atoms with Crippen LogP contribution in [0.2, 0.25) is 5.02 Å². The average molecular weight is 330 g/mol. The number of carboxylic acid groups (broad SMARTS) is 1. The van der Waals surface area contributed by atoms with E-state index in [2.05, 4.69) is 0 Å². The fourth-order valence-corrected chi connectivity index (χ4v) is 2.25. The molecule has 0 amide bonds. The zero-order valence-corrected chi connectivity index (χ0v) is 13.1.